The summed E-state index contributed by atoms with van der Waals surface area (Å²) in [6, 6.07) is 43.2. The highest BCUT2D eigenvalue weighted by Gasteiger charge is 2.25. The molecule has 0 bridgehead atoms. The number of hydrogen-bond acceptors (Lipinski definition) is 3. The van der Waals surface area contributed by atoms with Gasteiger partial charge in [0.2, 0.25) is 0 Å². The highest BCUT2D eigenvalue weighted by Crippen LogP contribution is 2.43. The first kappa shape index (κ1) is 23.2. The van der Waals surface area contributed by atoms with Crippen LogP contribution in [0, 0.1) is 0 Å². The SMILES string of the molecule is O=C1c2cc(-c3cccc4c3sc3ccccc34)ccc2Cc2ccc(-c3cccc4c3sc3ccccc34)cc21. The fourth-order valence-electron chi connectivity index (χ4n) is 6.52. The van der Waals surface area contributed by atoms with Gasteiger partial charge >= 0.3 is 0 Å². The van der Waals surface area contributed by atoms with Gasteiger partial charge in [-0.05, 0) is 64.1 Å². The van der Waals surface area contributed by atoms with Gasteiger partial charge in [0.1, 0.15) is 0 Å². The maximum Gasteiger partial charge on any atom is 0.193 e. The molecule has 0 aliphatic heterocycles. The Morgan fingerprint density at radius 1 is 0.439 bits per heavy atom. The van der Waals surface area contributed by atoms with Crippen LogP contribution in [0.2, 0.25) is 0 Å². The summed E-state index contributed by atoms with van der Waals surface area (Å²) in [7, 11) is 0. The molecule has 0 radical (unpaired) electrons. The molecule has 0 saturated heterocycles. The third-order valence-electron chi connectivity index (χ3n) is 8.52. The van der Waals surface area contributed by atoms with Gasteiger partial charge in [0.25, 0.3) is 0 Å². The Bertz CT molecular complexity index is 2200. The maximum absolute atomic E-state index is 14.1. The van der Waals surface area contributed by atoms with E-state index in [9.17, 15) is 4.79 Å². The van der Waals surface area contributed by atoms with E-state index in [1.165, 1.54) is 51.5 Å². The molecule has 41 heavy (non-hydrogen) atoms. The molecule has 0 N–H and O–H groups in total. The van der Waals surface area contributed by atoms with Gasteiger partial charge in [0, 0.05) is 51.5 Å². The van der Waals surface area contributed by atoms with Crippen LogP contribution in [0.1, 0.15) is 27.0 Å². The standard InChI is InChI=1S/C38H22OS2/c39-36-32-20-24(26-9-5-11-30-28-7-1-3-13-34(28)40-37(26)30)17-15-22(32)19-23-16-18-25(21-33(23)36)27-10-6-12-31-29-8-2-4-14-35(29)41-38(27)31/h1-18,20-21H,19H2. The van der Waals surface area contributed by atoms with E-state index in [0.717, 1.165) is 39.8 Å². The molecule has 0 atom stereocenters. The van der Waals surface area contributed by atoms with Crippen LogP contribution in [-0.4, -0.2) is 5.78 Å². The number of ketones is 1. The van der Waals surface area contributed by atoms with Crippen LogP contribution in [0.15, 0.2) is 121 Å². The van der Waals surface area contributed by atoms with Crippen molar-refractivity contribution in [3.8, 4) is 22.3 Å². The van der Waals surface area contributed by atoms with Gasteiger partial charge in [-0.15, -0.1) is 22.7 Å². The van der Waals surface area contributed by atoms with E-state index in [0.29, 0.717) is 0 Å². The average Bonchev–Trinajstić information content (AvgIpc) is 3.60. The second-order valence-electron chi connectivity index (χ2n) is 10.8. The van der Waals surface area contributed by atoms with Gasteiger partial charge in [0.05, 0.1) is 0 Å². The lowest BCUT2D eigenvalue weighted by molar-refractivity contribution is 0.103. The van der Waals surface area contributed by atoms with E-state index in [1.54, 1.807) is 0 Å². The Kier molecular flexibility index (Phi) is 4.92. The Labute approximate surface area is 244 Å². The lowest BCUT2D eigenvalue weighted by Crippen LogP contribution is -2.15. The number of hydrogen-bond donors (Lipinski definition) is 0. The molecule has 1 aliphatic carbocycles. The molecular formula is C38H22OS2. The van der Waals surface area contributed by atoms with E-state index < -0.39 is 0 Å². The van der Waals surface area contributed by atoms with Crippen molar-refractivity contribution >= 4 is 68.8 Å². The van der Waals surface area contributed by atoms with Gasteiger partial charge in [-0.1, -0.05) is 97.1 Å². The van der Waals surface area contributed by atoms with Gasteiger partial charge in [-0.2, -0.15) is 0 Å². The van der Waals surface area contributed by atoms with Crippen LogP contribution < -0.4 is 0 Å². The van der Waals surface area contributed by atoms with Crippen molar-refractivity contribution in [1.82, 2.24) is 0 Å². The summed E-state index contributed by atoms with van der Waals surface area (Å²) < 4.78 is 5.13. The highest BCUT2D eigenvalue weighted by molar-refractivity contribution is 7.26. The number of rotatable bonds is 2. The molecule has 0 fully saturated rings. The zero-order valence-electron chi connectivity index (χ0n) is 22.0. The van der Waals surface area contributed by atoms with E-state index in [-0.39, 0.29) is 5.78 Å². The number of benzene rings is 6. The lowest BCUT2D eigenvalue weighted by Gasteiger charge is -2.20. The molecule has 0 spiro atoms. The number of thiophene rings is 2. The largest absolute Gasteiger partial charge is 0.289 e. The van der Waals surface area contributed by atoms with E-state index >= 15 is 0 Å². The molecule has 0 saturated carbocycles. The van der Waals surface area contributed by atoms with E-state index in [4.69, 9.17) is 0 Å². The second-order valence-corrected chi connectivity index (χ2v) is 12.9. The van der Waals surface area contributed by atoms with Crippen molar-refractivity contribution in [1.29, 1.82) is 0 Å². The quantitative estimate of drug-likeness (QED) is 0.206. The number of carbonyl (C=O) groups excluding carboxylic acids is 1. The van der Waals surface area contributed by atoms with E-state index in [2.05, 4.69) is 121 Å². The molecule has 8 aromatic rings. The molecule has 1 nitrogen and oxygen atoms in total. The summed E-state index contributed by atoms with van der Waals surface area (Å²) in [4.78, 5) is 14.1. The van der Waals surface area contributed by atoms with Crippen molar-refractivity contribution in [3.05, 3.63) is 144 Å². The van der Waals surface area contributed by atoms with Crippen LogP contribution in [-0.2, 0) is 6.42 Å². The highest BCUT2D eigenvalue weighted by atomic mass is 32.1. The maximum atomic E-state index is 14.1. The molecular weight excluding hydrogens is 537 g/mol. The van der Waals surface area contributed by atoms with Crippen LogP contribution in [0.5, 0.6) is 0 Å². The topological polar surface area (TPSA) is 17.1 Å². The van der Waals surface area contributed by atoms with Crippen LogP contribution in [0.25, 0.3) is 62.6 Å². The molecule has 2 heterocycles. The zero-order valence-corrected chi connectivity index (χ0v) is 23.6. The third kappa shape index (κ3) is 3.43. The zero-order chi connectivity index (χ0) is 27.1. The first-order valence-electron chi connectivity index (χ1n) is 13.8. The first-order chi connectivity index (χ1) is 20.2. The molecule has 192 valence electrons. The van der Waals surface area contributed by atoms with Crippen LogP contribution in [0.3, 0.4) is 0 Å². The minimum absolute atomic E-state index is 0.122. The van der Waals surface area contributed by atoms with Gasteiger partial charge in [0.15, 0.2) is 5.78 Å². The first-order valence-corrected chi connectivity index (χ1v) is 15.5. The smallest absolute Gasteiger partial charge is 0.193 e. The summed E-state index contributed by atoms with van der Waals surface area (Å²) in [6.07, 6.45) is 0.775. The van der Waals surface area contributed by atoms with E-state index in [1.807, 2.05) is 22.7 Å². The molecule has 3 heteroatoms. The molecule has 0 unspecified atom stereocenters. The normalized spacial score (nSPS) is 12.8. The fourth-order valence-corrected chi connectivity index (χ4v) is 8.99. The van der Waals surface area contributed by atoms with Crippen molar-refractivity contribution in [2.24, 2.45) is 0 Å². The Balaban J connectivity index is 1.16. The predicted molar refractivity (Wildman–Crippen MR) is 176 cm³/mol. The average molecular weight is 559 g/mol. The monoisotopic (exact) mass is 558 g/mol. The summed E-state index contributed by atoms with van der Waals surface area (Å²) >= 11 is 3.66. The molecule has 1 aliphatic rings. The van der Waals surface area contributed by atoms with Crippen molar-refractivity contribution in [2.75, 3.05) is 0 Å². The Morgan fingerprint density at radius 2 is 0.902 bits per heavy atom. The Hall–Kier alpha value is -4.57. The van der Waals surface area contributed by atoms with Crippen molar-refractivity contribution < 1.29 is 4.79 Å². The molecule has 0 amide bonds. The van der Waals surface area contributed by atoms with Gasteiger partial charge in [-0.25, -0.2) is 0 Å². The minimum Gasteiger partial charge on any atom is -0.289 e. The summed E-state index contributed by atoms with van der Waals surface area (Å²) in [5.74, 6) is 0.122. The number of carbonyl (C=O) groups is 1. The third-order valence-corrected chi connectivity index (χ3v) is 11.0. The summed E-state index contributed by atoms with van der Waals surface area (Å²) in [5.41, 5.74) is 8.44. The summed E-state index contributed by atoms with van der Waals surface area (Å²) in [6.45, 7) is 0. The predicted octanol–water partition coefficient (Wildman–Crippen LogP) is 10.9. The van der Waals surface area contributed by atoms with Gasteiger partial charge in [-0.3, -0.25) is 4.79 Å². The fraction of sp³-hybridized carbons (Fsp3) is 0.0263. The lowest BCUT2D eigenvalue weighted by atomic mass is 9.82. The van der Waals surface area contributed by atoms with Crippen molar-refractivity contribution in [3.63, 3.8) is 0 Å². The number of fused-ring (bicyclic) bond motifs is 8. The van der Waals surface area contributed by atoms with Crippen LogP contribution in [0.4, 0.5) is 0 Å². The van der Waals surface area contributed by atoms with Gasteiger partial charge < -0.3 is 0 Å². The minimum atomic E-state index is 0.122. The Morgan fingerprint density at radius 3 is 1.41 bits per heavy atom. The van der Waals surface area contributed by atoms with Crippen LogP contribution >= 0.6 is 22.7 Å². The molecule has 2 aromatic heterocycles. The molecule has 6 aromatic carbocycles. The molecule has 9 rings (SSSR count). The van der Waals surface area contributed by atoms with Crippen molar-refractivity contribution in [2.45, 2.75) is 6.42 Å². The second kappa shape index (κ2) is 8.71. The summed E-state index contributed by atoms with van der Waals surface area (Å²) in [5, 5.41) is 5.13.